The van der Waals surface area contributed by atoms with Crippen LogP contribution in [0.25, 0.3) is 0 Å². The number of nitrogens with one attached hydrogen (secondary N) is 1. The minimum absolute atomic E-state index is 0.0106. The number of hydrogen-bond donors (Lipinski definition) is 1. The summed E-state index contributed by atoms with van der Waals surface area (Å²) in [5, 5.41) is 6.98. The van der Waals surface area contributed by atoms with E-state index in [1.54, 1.807) is 0 Å². The first-order chi connectivity index (χ1) is 11.4. The highest BCUT2D eigenvalue weighted by Gasteiger charge is 2.35. The number of likely N-dealkylation sites (tertiary alicyclic amines) is 1. The van der Waals surface area contributed by atoms with Crippen molar-refractivity contribution in [1.82, 2.24) is 20.4 Å². The standard InChI is InChI=1S/C17H21FN4O2/c1-10(2)15-20-17(24-21-15)14-8-13(9-22(14)3)19-16(23)11-4-6-12(18)7-5-11/h4-7,10,13-14H,8-9H2,1-3H3,(H,19,23)/t13-,14+/m0/s1. The fourth-order valence-electron chi connectivity index (χ4n) is 2.88. The van der Waals surface area contributed by atoms with Crippen molar-refractivity contribution < 1.29 is 13.7 Å². The van der Waals surface area contributed by atoms with Gasteiger partial charge < -0.3 is 9.84 Å². The molecule has 2 aromatic rings. The van der Waals surface area contributed by atoms with E-state index in [2.05, 4.69) is 20.4 Å². The van der Waals surface area contributed by atoms with Crippen LogP contribution in [0, 0.1) is 5.82 Å². The number of amides is 1. The van der Waals surface area contributed by atoms with Crippen LogP contribution >= 0.6 is 0 Å². The molecule has 1 fully saturated rings. The third-order valence-corrected chi connectivity index (χ3v) is 4.25. The highest BCUT2D eigenvalue weighted by atomic mass is 19.1. The monoisotopic (exact) mass is 332 g/mol. The van der Waals surface area contributed by atoms with Crippen molar-refractivity contribution in [3.8, 4) is 0 Å². The summed E-state index contributed by atoms with van der Waals surface area (Å²) < 4.78 is 18.3. The first-order valence-corrected chi connectivity index (χ1v) is 8.04. The van der Waals surface area contributed by atoms with Gasteiger partial charge in [0.25, 0.3) is 5.91 Å². The molecule has 2 heterocycles. The van der Waals surface area contributed by atoms with Gasteiger partial charge in [0, 0.05) is 24.1 Å². The Morgan fingerprint density at radius 1 is 1.38 bits per heavy atom. The molecule has 0 bridgehead atoms. The van der Waals surface area contributed by atoms with Gasteiger partial charge in [-0.1, -0.05) is 19.0 Å². The summed E-state index contributed by atoms with van der Waals surface area (Å²) in [5.41, 5.74) is 0.447. The summed E-state index contributed by atoms with van der Waals surface area (Å²) >= 11 is 0. The third-order valence-electron chi connectivity index (χ3n) is 4.25. The van der Waals surface area contributed by atoms with Gasteiger partial charge in [0.2, 0.25) is 5.89 Å². The van der Waals surface area contributed by atoms with E-state index >= 15 is 0 Å². The van der Waals surface area contributed by atoms with Crippen molar-refractivity contribution in [1.29, 1.82) is 0 Å². The average Bonchev–Trinajstić information content (AvgIpc) is 3.14. The molecule has 6 nitrogen and oxygen atoms in total. The molecular formula is C17H21FN4O2. The minimum Gasteiger partial charge on any atom is -0.348 e. The van der Waals surface area contributed by atoms with Crippen molar-refractivity contribution in [3.63, 3.8) is 0 Å². The average molecular weight is 332 g/mol. The Morgan fingerprint density at radius 3 is 2.71 bits per heavy atom. The molecule has 1 aliphatic heterocycles. The number of carbonyl (C=O) groups excluding carboxylic acids is 1. The lowest BCUT2D eigenvalue weighted by Crippen LogP contribution is -2.36. The summed E-state index contributed by atoms with van der Waals surface area (Å²) in [6, 6.07) is 5.49. The number of rotatable bonds is 4. The van der Waals surface area contributed by atoms with E-state index in [0.29, 0.717) is 30.2 Å². The Labute approximate surface area is 140 Å². The van der Waals surface area contributed by atoms with E-state index in [9.17, 15) is 9.18 Å². The molecule has 1 amide bonds. The van der Waals surface area contributed by atoms with Crippen LogP contribution in [0.15, 0.2) is 28.8 Å². The quantitative estimate of drug-likeness (QED) is 0.931. The SMILES string of the molecule is CC(C)c1noc([C@H]2C[C@H](NC(=O)c3ccc(F)cc3)CN2C)n1. The van der Waals surface area contributed by atoms with Gasteiger partial charge in [-0.05, 0) is 37.7 Å². The molecule has 0 saturated carbocycles. The van der Waals surface area contributed by atoms with E-state index < -0.39 is 0 Å². The Morgan fingerprint density at radius 2 is 2.08 bits per heavy atom. The largest absolute Gasteiger partial charge is 0.348 e. The Hall–Kier alpha value is -2.28. The highest BCUT2D eigenvalue weighted by molar-refractivity contribution is 5.94. The maximum absolute atomic E-state index is 12.9. The topological polar surface area (TPSA) is 71.3 Å². The minimum atomic E-state index is -0.357. The second-order valence-corrected chi connectivity index (χ2v) is 6.51. The van der Waals surface area contributed by atoms with Crippen molar-refractivity contribution >= 4 is 5.91 Å². The normalized spacial score (nSPS) is 21.4. The maximum atomic E-state index is 12.9. The second kappa shape index (κ2) is 6.68. The zero-order valence-corrected chi connectivity index (χ0v) is 14.0. The van der Waals surface area contributed by atoms with Crippen LogP contribution in [0.5, 0.6) is 0 Å². The molecule has 1 N–H and O–H groups in total. The van der Waals surface area contributed by atoms with Crippen LogP contribution < -0.4 is 5.32 Å². The molecule has 1 saturated heterocycles. The number of carbonyl (C=O) groups is 1. The van der Waals surface area contributed by atoms with Gasteiger partial charge in [-0.3, -0.25) is 9.69 Å². The summed E-state index contributed by atoms with van der Waals surface area (Å²) in [5.74, 6) is 0.923. The molecule has 128 valence electrons. The van der Waals surface area contributed by atoms with Gasteiger partial charge in [0.05, 0.1) is 6.04 Å². The van der Waals surface area contributed by atoms with Gasteiger partial charge in [0.1, 0.15) is 5.82 Å². The third kappa shape index (κ3) is 3.46. The second-order valence-electron chi connectivity index (χ2n) is 6.51. The predicted molar refractivity (Wildman–Crippen MR) is 86.0 cm³/mol. The van der Waals surface area contributed by atoms with Gasteiger partial charge in [-0.25, -0.2) is 4.39 Å². The first kappa shape index (κ1) is 16.6. The molecule has 0 spiro atoms. The number of hydrogen-bond acceptors (Lipinski definition) is 5. The van der Waals surface area contributed by atoms with E-state index in [1.165, 1.54) is 24.3 Å². The molecule has 1 aromatic heterocycles. The van der Waals surface area contributed by atoms with E-state index in [0.717, 1.165) is 0 Å². The molecule has 0 radical (unpaired) electrons. The summed E-state index contributed by atoms with van der Waals surface area (Å²) in [7, 11) is 1.97. The molecule has 24 heavy (non-hydrogen) atoms. The lowest BCUT2D eigenvalue weighted by molar-refractivity contribution is 0.0938. The maximum Gasteiger partial charge on any atom is 0.251 e. The molecule has 0 unspecified atom stereocenters. The summed E-state index contributed by atoms with van der Waals surface area (Å²) in [4.78, 5) is 18.8. The van der Waals surface area contributed by atoms with Crippen LogP contribution in [0.4, 0.5) is 4.39 Å². The van der Waals surface area contributed by atoms with Crippen LogP contribution in [0.3, 0.4) is 0 Å². The summed E-state index contributed by atoms with van der Waals surface area (Å²) in [6.45, 7) is 4.72. The van der Waals surface area contributed by atoms with Gasteiger partial charge >= 0.3 is 0 Å². The van der Waals surface area contributed by atoms with Gasteiger partial charge in [-0.2, -0.15) is 4.98 Å². The molecule has 2 atom stereocenters. The van der Waals surface area contributed by atoms with Gasteiger partial charge in [0.15, 0.2) is 5.82 Å². The predicted octanol–water partition coefficient (Wildman–Crippen LogP) is 2.51. The van der Waals surface area contributed by atoms with E-state index in [1.807, 2.05) is 20.9 Å². The van der Waals surface area contributed by atoms with Crippen molar-refractivity contribution in [2.45, 2.75) is 38.3 Å². The molecule has 3 rings (SSSR count). The van der Waals surface area contributed by atoms with Crippen LogP contribution in [-0.2, 0) is 0 Å². The lowest BCUT2D eigenvalue weighted by atomic mass is 10.1. The highest BCUT2D eigenvalue weighted by Crippen LogP contribution is 2.30. The molecule has 7 heteroatoms. The van der Waals surface area contributed by atoms with Crippen LogP contribution in [0.1, 0.15) is 54.3 Å². The van der Waals surface area contributed by atoms with E-state index in [4.69, 9.17) is 4.52 Å². The Balaban J connectivity index is 1.64. The number of halogens is 1. The van der Waals surface area contributed by atoms with Crippen molar-refractivity contribution in [3.05, 3.63) is 47.4 Å². The smallest absolute Gasteiger partial charge is 0.251 e. The Bertz CT molecular complexity index is 714. The van der Waals surface area contributed by atoms with E-state index in [-0.39, 0.29) is 29.7 Å². The fourth-order valence-corrected chi connectivity index (χ4v) is 2.88. The number of benzene rings is 1. The van der Waals surface area contributed by atoms with Crippen LogP contribution in [-0.4, -0.2) is 40.6 Å². The van der Waals surface area contributed by atoms with Gasteiger partial charge in [-0.15, -0.1) is 0 Å². The van der Waals surface area contributed by atoms with Crippen molar-refractivity contribution in [2.75, 3.05) is 13.6 Å². The lowest BCUT2D eigenvalue weighted by Gasteiger charge is -2.14. The fraction of sp³-hybridized carbons (Fsp3) is 0.471. The number of likely N-dealkylation sites (N-methyl/N-ethyl adjacent to an activating group) is 1. The molecular weight excluding hydrogens is 311 g/mol. The molecule has 1 aliphatic rings. The van der Waals surface area contributed by atoms with Crippen LogP contribution in [0.2, 0.25) is 0 Å². The zero-order chi connectivity index (χ0) is 17.3. The number of nitrogens with zero attached hydrogens (tertiary/aromatic N) is 3. The summed E-state index contributed by atoms with van der Waals surface area (Å²) in [6.07, 6.45) is 0.698. The number of aromatic nitrogens is 2. The first-order valence-electron chi connectivity index (χ1n) is 8.04. The Kier molecular flexibility index (Phi) is 4.62. The molecule has 1 aromatic carbocycles. The van der Waals surface area contributed by atoms with Crippen molar-refractivity contribution in [2.24, 2.45) is 0 Å². The molecule has 0 aliphatic carbocycles. The zero-order valence-electron chi connectivity index (χ0n) is 14.0.